The number of carboxylic acids is 1. The van der Waals surface area contributed by atoms with Gasteiger partial charge < -0.3 is 15.7 Å². The van der Waals surface area contributed by atoms with Gasteiger partial charge in [0.15, 0.2) is 5.69 Å². The molecule has 1 aromatic rings. The zero-order valence-electron chi connectivity index (χ0n) is 8.17. The average molecular weight is 209 g/mol. The van der Waals surface area contributed by atoms with E-state index in [9.17, 15) is 9.59 Å². The average Bonchev–Trinajstić information content (AvgIpc) is 2.17. The molecule has 0 fully saturated rings. The van der Waals surface area contributed by atoms with Gasteiger partial charge in [0.1, 0.15) is 5.82 Å². The van der Waals surface area contributed by atoms with Crippen LogP contribution in [0.4, 0.5) is 5.82 Å². The van der Waals surface area contributed by atoms with Crippen LogP contribution in [0.1, 0.15) is 10.5 Å². The Hall–Kier alpha value is -2.11. The van der Waals surface area contributed by atoms with Crippen molar-refractivity contribution >= 4 is 17.7 Å². The lowest BCUT2D eigenvalue weighted by atomic mass is 10.3. The first-order chi connectivity index (χ1) is 7.00. The number of amides is 1. The van der Waals surface area contributed by atoms with Crippen LogP contribution in [0.5, 0.6) is 0 Å². The highest BCUT2D eigenvalue weighted by Gasteiger charge is 2.09. The molecule has 6 nitrogen and oxygen atoms in total. The number of aromatic carboxylic acids is 1. The number of primary amides is 1. The summed E-state index contributed by atoms with van der Waals surface area (Å²) in [5.74, 6) is -1.21. The number of pyridine rings is 1. The van der Waals surface area contributed by atoms with Crippen molar-refractivity contribution in [1.29, 1.82) is 0 Å². The highest BCUT2D eigenvalue weighted by molar-refractivity contribution is 5.86. The lowest BCUT2D eigenvalue weighted by Gasteiger charge is -2.15. The van der Waals surface area contributed by atoms with E-state index in [1.807, 2.05) is 0 Å². The van der Waals surface area contributed by atoms with Crippen LogP contribution in [-0.2, 0) is 4.79 Å². The van der Waals surface area contributed by atoms with Crippen LogP contribution in [0.15, 0.2) is 18.2 Å². The second-order valence-corrected chi connectivity index (χ2v) is 3.01. The Morgan fingerprint density at radius 3 is 2.73 bits per heavy atom. The maximum Gasteiger partial charge on any atom is 0.354 e. The maximum absolute atomic E-state index is 10.6. The van der Waals surface area contributed by atoms with Gasteiger partial charge in [0.05, 0.1) is 6.54 Å². The molecular formula is C9H11N3O3. The Bertz CT molecular complexity index is 392. The van der Waals surface area contributed by atoms with E-state index in [0.29, 0.717) is 5.82 Å². The number of anilines is 1. The summed E-state index contributed by atoms with van der Waals surface area (Å²) >= 11 is 0. The van der Waals surface area contributed by atoms with Gasteiger partial charge in [-0.1, -0.05) is 6.07 Å². The molecule has 0 spiro atoms. The number of likely N-dealkylation sites (N-methyl/N-ethyl adjacent to an activating group) is 1. The molecule has 0 bridgehead atoms. The van der Waals surface area contributed by atoms with Gasteiger partial charge in [-0.15, -0.1) is 0 Å². The number of carbonyl (C=O) groups is 2. The second kappa shape index (κ2) is 4.41. The Morgan fingerprint density at radius 2 is 2.20 bits per heavy atom. The second-order valence-electron chi connectivity index (χ2n) is 3.01. The quantitative estimate of drug-likeness (QED) is 0.709. The first-order valence-electron chi connectivity index (χ1n) is 4.20. The fourth-order valence-corrected chi connectivity index (χ4v) is 1.07. The number of rotatable bonds is 4. The normalized spacial score (nSPS) is 9.67. The number of nitrogens with two attached hydrogens (primary N) is 1. The Balaban J connectivity index is 2.89. The summed E-state index contributed by atoms with van der Waals surface area (Å²) < 4.78 is 0. The Kier molecular flexibility index (Phi) is 3.22. The van der Waals surface area contributed by atoms with Gasteiger partial charge in [-0.05, 0) is 12.1 Å². The molecule has 1 aromatic heterocycles. The number of hydrogen-bond acceptors (Lipinski definition) is 4. The number of carbonyl (C=O) groups excluding carboxylic acids is 1. The standard InChI is InChI=1S/C9H11N3O3/c1-12(5-7(10)13)8-4-2-3-6(11-8)9(14)15/h2-4H,5H2,1H3,(H2,10,13)(H,14,15). The number of hydrogen-bond donors (Lipinski definition) is 2. The van der Waals surface area contributed by atoms with Gasteiger partial charge in [-0.2, -0.15) is 0 Å². The van der Waals surface area contributed by atoms with E-state index in [-0.39, 0.29) is 12.2 Å². The fraction of sp³-hybridized carbons (Fsp3) is 0.222. The summed E-state index contributed by atoms with van der Waals surface area (Å²) in [6.45, 7) is -0.00390. The van der Waals surface area contributed by atoms with Gasteiger partial charge in [-0.3, -0.25) is 4.79 Å². The first kappa shape index (κ1) is 11.0. The van der Waals surface area contributed by atoms with E-state index in [1.165, 1.54) is 11.0 Å². The monoisotopic (exact) mass is 209 g/mol. The maximum atomic E-state index is 10.6. The molecule has 0 unspecified atom stereocenters. The summed E-state index contributed by atoms with van der Waals surface area (Å²) in [4.78, 5) is 26.6. The molecule has 3 N–H and O–H groups in total. The third-order valence-corrected chi connectivity index (χ3v) is 1.74. The molecule has 0 aliphatic rings. The minimum Gasteiger partial charge on any atom is -0.477 e. The van der Waals surface area contributed by atoms with Gasteiger partial charge in [0, 0.05) is 7.05 Å². The van der Waals surface area contributed by atoms with Crippen LogP contribution < -0.4 is 10.6 Å². The molecule has 1 amide bonds. The molecular weight excluding hydrogens is 198 g/mol. The first-order valence-corrected chi connectivity index (χ1v) is 4.20. The van der Waals surface area contributed by atoms with Crippen LogP contribution in [-0.4, -0.2) is 35.6 Å². The highest BCUT2D eigenvalue weighted by Crippen LogP contribution is 2.08. The van der Waals surface area contributed by atoms with Gasteiger partial charge in [0.2, 0.25) is 5.91 Å². The van der Waals surface area contributed by atoms with Crippen LogP contribution >= 0.6 is 0 Å². The van der Waals surface area contributed by atoms with Crippen molar-refractivity contribution in [3.05, 3.63) is 23.9 Å². The molecule has 0 aliphatic carbocycles. The minimum absolute atomic E-state index is 0.00390. The third-order valence-electron chi connectivity index (χ3n) is 1.74. The van der Waals surface area contributed by atoms with Crippen molar-refractivity contribution < 1.29 is 14.7 Å². The van der Waals surface area contributed by atoms with E-state index in [2.05, 4.69) is 4.98 Å². The third kappa shape index (κ3) is 2.94. The van der Waals surface area contributed by atoms with E-state index in [0.717, 1.165) is 0 Å². The molecule has 0 saturated carbocycles. The van der Waals surface area contributed by atoms with Crippen LogP contribution in [0.2, 0.25) is 0 Å². The lowest BCUT2D eigenvalue weighted by Crippen LogP contribution is -2.31. The summed E-state index contributed by atoms with van der Waals surface area (Å²) in [6, 6.07) is 4.54. The zero-order valence-corrected chi connectivity index (χ0v) is 8.17. The van der Waals surface area contributed by atoms with Gasteiger partial charge >= 0.3 is 5.97 Å². The fourth-order valence-electron chi connectivity index (χ4n) is 1.07. The smallest absolute Gasteiger partial charge is 0.354 e. The number of nitrogens with zero attached hydrogens (tertiary/aromatic N) is 2. The van der Waals surface area contributed by atoms with Crippen LogP contribution in [0.25, 0.3) is 0 Å². The molecule has 0 radical (unpaired) electrons. The number of carboxylic acid groups (broad SMARTS) is 1. The summed E-state index contributed by atoms with van der Waals surface area (Å²) in [7, 11) is 1.61. The molecule has 1 heterocycles. The van der Waals surface area contributed by atoms with E-state index in [1.54, 1.807) is 19.2 Å². The molecule has 80 valence electrons. The van der Waals surface area contributed by atoms with Crippen molar-refractivity contribution in [3.63, 3.8) is 0 Å². The van der Waals surface area contributed by atoms with E-state index >= 15 is 0 Å². The molecule has 0 aromatic carbocycles. The minimum atomic E-state index is -1.11. The predicted octanol–water partition coefficient (Wildman–Crippen LogP) is -0.299. The molecule has 0 saturated heterocycles. The van der Waals surface area contributed by atoms with Crippen molar-refractivity contribution in [1.82, 2.24) is 4.98 Å². The van der Waals surface area contributed by atoms with Crippen molar-refractivity contribution in [2.45, 2.75) is 0 Å². The summed E-state index contributed by atoms with van der Waals surface area (Å²) in [5.41, 5.74) is 4.94. The zero-order chi connectivity index (χ0) is 11.4. The van der Waals surface area contributed by atoms with Crippen LogP contribution in [0.3, 0.4) is 0 Å². The SMILES string of the molecule is CN(CC(N)=O)c1cccc(C(=O)O)n1. The molecule has 15 heavy (non-hydrogen) atoms. The highest BCUT2D eigenvalue weighted by atomic mass is 16.4. The van der Waals surface area contributed by atoms with E-state index < -0.39 is 11.9 Å². The van der Waals surface area contributed by atoms with Crippen molar-refractivity contribution in [3.8, 4) is 0 Å². The summed E-state index contributed by atoms with van der Waals surface area (Å²) in [6.07, 6.45) is 0. The summed E-state index contributed by atoms with van der Waals surface area (Å²) in [5, 5.41) is 8.70. The van der Waals surface area contributed by atoms with E-state index in [4.69, 9.17) is 10.8 Å². The van der Waals surface area contributed by atoms with Crippen LogP contribution in [0, 0.1) is 0 Å². The van der Waals surface area contributed by atoms with Gasteiger partial charge in [0.25, 0.3) is 0 Å². The molecule has 0 aliphatic heterocycles. The predicted molar refractivity (Wildman–Crippen MR) is 53.7 cm³/mol. The molecule has 6 heteroatoms. The Morgan fingerprint density at radius 1 is 1.53 bits per heavy atom. The largest absolute Gasteiger partial charge is 0.477 e. The Labute approximate surface area is 86.3 Å². The molecule has 0 atom stereocenters. The van der Waals surface area contributed by atoms with Crippen molar-refractivity contribution in [2.24, 2.45) is 5.73 Å². The van der Waals surface area contributed by atoms with Crippen molar-refractivity contribution in [2.75, 3.05) is 18.5 Å². The topological polar surface area (TPSA) is 96.5 Å². The lowest BCUT2D eigenvalue weighted by molar-refractivity contribution is -0.116. The number of aromatic nitrogens is 1. The van der Waals surface area contributed by atoms with Gasteiger partial charge in [-0.25, -0.2) is 9.78 Å². The molecule has 1 rings (SSSR count).